The Morgan fingerprint density at radius 3 is 2.62 bits per heavy atom. The third-order valence-corrected chi connectivity index (χ3v) is 5.39. The Hall–Kier alpha value is -2.06. The second-order valence-electron chi connectivity index (χ2n) is 4.67. The molecule has 0 unspecified atom stereocenters. The molecule has 0 bridgehead atoms. The third-order valence-electron chi connectivity index (χ3n) is 3.16. The topological polar surface area (TPSA) is 52.8 Å². The number of para-hydroxylation sites is 2. The maximum Gasteiger partial charge on any atom is 0.214 e. The molecule has 1 heterocycles. The lowest BCUT2D eigenvalue weighted by Crippen LogP contribution is -2.02. The van der Waals surface area contributed by atoms with E-state index in [0.29, 0.717) is 15.8 Å². The highest BCUT2D eigenvalue weighted by Gasteiger charge is 2.12. The third kappa shape index (κ3) is 3.88. The SMILES string of the molecule is COc1ccccc1-n1nnnc1SCCSc1ccccc1F. The van der Waals surface area contributed by atoms with E-state index in [9.17, 15) is 4.39 Å². The van der Waals surface area contributed by atoms with Gasteiger partial charge < -0.3 is 4.74 Å². The summed E-state index contributed by atoms with van der Waals surface area (Å²) in [6.07, 6.45) is 0. The summed E-state index contributed by atoms with van der Waals surface area (Å²) < 4.78 is 20.6. The average Bonchev–Trinajstić information content (AvgIpc) is 3.08. The van der Waals surface area contributed by atoms with Gasteiger partial charge in [-0.3, -0.25) is 0 Å². The molecule has 0 fully saturated rings. The van der Waals surface area contributed by atoms with Crippen LogP contribution in [-0.4, -0.2) is 38.8 Å². The van der Waals surface area contributed by atoms with Crippen molar-refractivity contribution in [2.24, 2.45) is 0 Å². The van der Waals surface area contributed by atoms with E-state index in [1.54, 1.807) is 23.9 Å². The van der Waals surface area contributed by atoms with Crippen molar-refractivity contribution in [1.29, 1.82) is 0 Å². The molecule has 8 heteroatoms. The van der Waals surface area contributed by atoms with Crippen molar-refractivity contribution >= 4 is 23.5 Å². The van der Waals surface area contributed by atoms with Crippen molar-refractivity contribution in [2.75, 3.05) is 18.6 Å². The van der Waals surface area contributed by atoms with Crippen LogP contribution in [0.1, 0.15) is 0 Å². The second-order valence-corrected chi connectivity index (χ2v) is 6.87. The normalized spacial score (nSPS) is 10.8. The average molecular weight is 362 g/mol. The number of hydrogen-bond donors (Lipinski definition) is 0. The Balaban J connectivity index is 1.63. The molecule has 0 amide bonds. The minimum Gasteiger partial charge on any atom is -0.494 e. The fourth-order valence-electron chi connectivity index (χ4n) is 2.07. The molecule has 0 N–H and O–H groups in total. The van der Waals surface area contributed by atoms with Gasteiger partial charge in [-0.25, -0.2) is 4.39 Å². The molecule has 0 atom stereocenters. The number of halogens is 1. The summed E-state index contributed by atoms with van der Waals surface area (Å²) in [6.45, 7) is 0. The zero-order valence-corrected chi connectivity index (χ0v) is 14.6. The predicted molar refractivity (Wildman–Crippen MR) is 93.6 cm³/mol. The summed E-state index contributed by atoms with van der Waals surface area (Å²) in [5.74, 6) is 2.03. The van der Waals surface area contributed by atoms with Crippen LogP contribution >= 0.6 is 23.5 Å². The molecule has 0 spiro atoms. The van der Waals surface area contributed by atoms with Crippen molar-refractivity contribution in [3.8, 4) is 11.4 Å². The number of aromatic nitrogens is 4. The van der Waals surface area contributed by atoms with Gasteiger partial charge in [-0.05, 0) is 34.7 Å². The molecule has 0 aliphatic heterocycles. The molecular formula is C16H15FN4OS2. The first-order chi connectivity index (χ1) is 11.8. The van der Waals surface area contributed by atoms with Gasteiger partial charge in [0.25, 0.3) is 0 Å². The first-order valence-corrected chi connectivity index (χ1v) is 9.18. The Morgan fingerprint density at radius 2 is 1.79 bits per heavy atom. The van der Waals surface area contributed by atoms with Gasteiger partial charge in [0, 0.05) is 16.4 Å². The highest BCUT2D eigenvalue weighted by atomic mass is 32.2. The predicted octanol–water partition coefficient (Wildman–Crippen LogP) is 3.69. The second kappa shape index (κ2) is 8.16. The number of ether oxygens (including phenoxy) is 1. The van der Waals surface area contributed by atoms with Crippen LogP contribution in [-0.2, 0) is 0 Å². The number of tetrazole rings is 1. The fraction of sp³-hybridized carbons (Fsp3) is 0.188. The summed E-state index contributed by atoms with van der Waals surface area (Å²) in [5.41, 5.74) is 0.786. The Labute approximate surface area is 147 Å². The van der Waals surface area contributed by atoms with Crippen LogP contribution in [0.4, 0.5) is 4.39 Å². The van der Waals surface area contributed by atoms with Crippen LogP contribution in [0.25, 0.3) is 5.69 Å². The van der Waals surface area contributed by atoms with Gasteiger partial charge in [0.2, 0.25) is 5.16 Å². The van der Waals surface area contributed by atoms with E-state index in [2.05, 4.69) is 15.5 Å². The van der Waals surface area contributed by atoms with Crippen LogP contribution in [0.15, 0.2) is 58.6 Å². The van der Waals surface area contributed by atoms with Crippen molar-refractivity contribution in [3.63, 3.8) is 0 Å². The quantitative estimate of drug-likeness (QED) is 0.472. The van der Waals surface area contributed by atoms with Gasteiger partial charge in [-0.2, -0.15) is 4.68 Å². The fourth-order valence-corrected chi connectivity index (χ4v) is 3.87. The number of nitrogens with zero attached hydrogens (tertiary/aromatic N) is 4. The van der Waals surface area contributed by atoms with Gasteiger partial charge in [0.15, 0.2) is 0 Å². The van der Waals surface area contributed by atoms with E-state index in [1.807, 2.05) is 30.3 Å². The Bertz CT molecular complexity index is 812. The van der Waals surface area contributed by atoms with Crippen molar-refractivity contribution in [1.82, 2.24) is 20.2 Å². The van der Waals surface area contributed by atoms with E-state index >= 15 is 0 Å². The molecule has 0 aliphatic rings. The standard InChI is InChI=1S/C16H15FN4OS2/c1-22-14-8-4-3-7-13(14)21-16(18-19-20-21)24-11-10-23-15-9-5-2-6-12(15)17/h2-9H,10-11H2,1H3. The smallest absolute Gasteiger partial charge is 0.214 e. The summed E-state index contributed by atoms with van der Waals surface area (Å²) in [5, 5.41) is 12.5. The van der Waals surface area contributed by atoms with Crippen LogP contribution in [0.2, 0.25) is 0 Å². The first kappa shape index (κ1) is 16.8. The molecule has 2 aromatic carbocycles. The van der Waals surface area contributed by atoms with E-state index < -0.39 is 0 Å². The Kier molecular flexibility index (Phi) is 5.71. The lowest BCUT2D eigenvalue weighted by molar-refractivity contribution is 0.410. The largest absolute Gasteiger partial charge is 0.494 e. The van der Waals surface area contributed by atoms with Gasteiger partial charge in [0.05, 0.1) is 7.11 Å². The lowest BCUT2D eigenvalue weighted by atomic mass is 10.3. The van der Waals surface area contributed by atoms with Crippen molar-refractivity contribution in [3.05, 3.63) is 54.3 Å². The van der Waals surface area contributed by atoms with Crippen LogP contribution in [0.3, 0.4) is 0 Å². The van der Waals surface area contributed by atoms with E-state index in [-0.39, 0.29) is 5.82 Å². The van der Waals surface area contributed by atoms with Crippen LogP contribution < -0.4 is 4.74 Å². The number of methoxy groups -OCH3 is 1. The van der Waals surface area contributed by atoms with Crippen molar-refractivity contribution < 1.29 is 9.13 Å². The molecule has 24 heavy (non-hydrogen) atoms. The Morgan fingerprint density at radius 1 is 1.04 bits per heavy atom. The lowest BCUT2D eigenvalue weighted by Gasteiger charge is -2.08. The molecule has 124 valence electrons. The summed E-state index contributed by atoms with van der Waals surface area (Å²) in [6, 6.07) is 14.3. The number of benzene rings is 2. The monoisotopic (exact) mass is 362 g/mol. The summed E-state index contributed by atoms with van der Waals surface area (Å²) in [4.78, 5) is 0.655. The minimum atomic E-state index is -0.189. The molecule has 3 aromatic rings. The number of thioether (sulfide) groups is 2. The molecule has 0 radical (unpaired) electrons. The summed E-state index contributed by atoms with van der Waals surface area (Å²) in [7, 11) is 1.61. The van der Waals surface area contributed by atoms with Crippen LogP contribution in [0, 0.1) is 5.82 Å². The van der Waals surface area contributed by atoms with Crippen molar-refractivity contribution in [2.45, 2.75) is 10.1 Å². The molecule has 3 rings (SSSR count). The minimum absolute atomic E-state index is 0.189. The maximum atomic E-state index is 13.6. The zero-order chi connectivity index (χ0) is 16.8. The molecule has 1 aromatic heterocycles. The van der Waals surface area contributed by atoms with E-state index in [0.717, 1.165) is 17.2 Å². The van der Waals surface area contributed by atoms with Gasteiger partial charge >= 0.3 is 0 Å². The van der Waals surface area contributed by atoms with E-state index in [1.165, 1.54) is 29.6 Å². The van der Waals surface area contributed by atoms with E-state index in [4.69, 9.17) is 4.74 Å². The summed E-state index contributed by atoms with van der Waals surface area (Å²) >= 11 is 3.00. The van der Waals surface area contributed by atoms with Gasteiger partial charge in [-0.15, -0.1) is 16.9 Å². The maximum absolute atomic E-state index is 13.6. The van der Waals surface area contributed by atoms with Crippen LogP contribution in [0.5, 0.6) is 5.75 Å². The highest BCUT2D eigenvalue weighted by molar-refractivity contribution is 8.02. The number of rotatable bonds is 7. The molecule has 0 aliphatic carbocycles. The molecule has 0 saturated heterocycles. The molecule has 5 nitrogen and oxygen atoms in total. The first-order valence-electron chi connectivity index (χ1n) is 7.21. The van der Waals surface area contributed by atoms with Gasteiger partial charge in [-0.1, -0.05) is 36.0 Å². The van der Waals surface area contributed by atoms with Gasteiger partial charge in [0.1, 0.15) is 17.3 Å². The number of hydrogen-bond acceptors (Lipinski definition) is 6. The zero-order valence-electron chi connectivity index (χ0n) is 12.9. The molecular weight excluding hydrogens is 347 g/mol. The highest BCUT2D eigenvalue weighted by Crippen LogP contribution is 2.27. The molecule has 0 saturated carbocycles.